The Bertz CT molecular complexity index is 388. The molecule has 2 rings (SSSR count). The maximum Gasteiger partial charge on any atom is 0.312 e. The Balaban J connectivity index is 1.83. The van der Waals surface area contributed by atoms with E-state index >= 15 is 0 Å². The molecule has 22 heavy (non-hydrogen) atoms. The van der Waals surface area contributed by atoms with Crippen molar-refractivity contribution in [1.29, 1.82) is 0 Å². The van der Waals surface area contributed by atoms with Crippen molar-refractivity contribution in [2.24, 2.45) is 0 Å². The van der Waals surface area contributed by atoms with E-state index in [2.05, 4.69) is 16.8 Å². The molecule has 2 saturated heterocycles. The topological polar surface area (TPSA) is 67.3 Å². The van der Waals surface area contributed by atoms with Crippen LogP contribution in [0.3, 0.4) is 0 Å². The minimum atomic E-state index is -0.384. The first kappa shape index (κ1) is 17.2. The predicted octanol–water partition coefficient (Wildman–Crippen LogP) is -1.32. The van der Waals surface area contributed by atoms with Crippen LogP contribution in [0.1, 0.15) is 12.8 Å². The molecule has 2 aliphatic heterocycles. The molecule has 2 amide bonds. The first-order valence-electron chi connectivity index (χ1n) is 8.10. The molecule has 0 saturated carbocycles. The number of hydrogen-bond acceptors (Lipinski definition) is 5. The van der Waals surface area contributed by atoms with Gasteiger partial charge in [0.2, 0.25) is 0 Å². The SMILES string of the molecule is CN1CCC(N(C)C(=O)C(=O)N2CCN(CCO)CC2)CC1. The minimum Gasteiger partial charge on any atom is -0.395 e. The summed E-state index contributed by atoms with van der Waals surface area (Å²) in [5.74, 6) is -0.768. The van der Waals surface area contributed by atoms with E-state index < -0.39 is 0 Å². The third-order valence-electron chi connectivity index (χ3n) is 4.81. The summed E-state index contributed by atoms with van der Waals surface area (Å²) in [7, 11) is 3.83. The molecule has 7 heteroatoms. The van der Waals surface area contributed by atoms with Gasteiger partial charge in [-0.2, -0.15) is 0 Å². The highest BCUT2D eigenvalue weighted by Gasteiger charge is 2.32. The Kier molecular flexibility index (Phi) is 6.16. The van der Waals surface area contributed by atoms with Gasteiger partial charge in [0, 0.05) is 45.8 Å². The van der Waals surface area contributed by atoms with Crippen LogP contribution in [0.4, 0.5) is 0 Å². The highest BCUT2D eigenvalue weighted by molar-refractivity contribution is 6.34. The number of β-amino-alcohol motifs (C(OH)–C–C–N with tert-alkyl or cyclic N) is 1. The second-order valence-corrected chi connectivity index (χ2v) is 6.31. The van der Waals surface area contributed by atoms with Gasteiger partial charge in [0.25, 0.3) is 0 Å². The summed E-state index contributed by atoms with van der Waals surface area (Å²) in [5, 5.41) is 8.93. The van der Waals surface area contributed by atoms with Gasteiger partial charge in [0.05, 0.1) is 6.61 Å². The minimum absolute atomic E-state index is 0.131. The molecule has 0 aliphatic carbocycles. The fourth-order valence-corrected chi connectivity index (χ4v) is 3.15. The van der Waals surface area contributed by atoms with Crippen molar-refractivity contribution >= 4 is 11.8 Å². The molecule has 2 heterocycles. The van der Waals surface area contributed by atoms with Crippen LogP contribution in [0.15, 0.2) is 0 Å². The standard InChI is InChI=1S/C15H28N4O3/c1-16-5-3-13(4-6-16)17(2)14(21)15(22)19-9-7-18(8-10-19)11-12-20/h13,20H,3-12H2,1-2H3. The predicted molar refractivity (Wildman–Crippen MR) is 83.4 cm³/mol. The molecule has 0 atom stereocenters. The number of nitrogens with zero attached hydrogens (tertiary/aromatic N) is 4. The van der Waals surface area contributed by atoms with Crippen molar-refractivity contribution in [2.75, 3.05) is 66.5 Å². The zero-order valence-electron chi connectivity index (χ0n) is 13.7. The zero-order chi connectivity index (χ0) is 16.1. The van der Waals surface area contributed by atoms with Crippen LogP contribution >= 0.6 is 0 Å². The number of aliphatic hydroxyl groups excluding tert-OH is 1. The maximum atomic E-state index is 12.4. The molecular formula is C15H28N4O3. The van der Waals surface area contributed by atoms with Gasteiger partial charge in [-0.05, 0) is 33.0 Å². The lowest BCUT2D eigenvalue weighted by Gasteiger charge is -2.37. The van der Waals surface area contributed by atoms with Crippen LogP contribution in [0.25, 0.3) is 0 Å². The average Bonchev–Trinajstić information content (AvgIpc) is 2.54. The van der Waals surface area contributed by atoms with Gasteiger partial charge in [-0.3, -0.25) is 14.5 Å². The van der Waals surface area contributed by atoms with Gasteiger partial charge >= 0.3 is 11.8 Å². The van der Waals surface area contributed by atoms with Gasteiger partial charge in [-0.1, -0.05) is 0 Å². The summed E-state index contributed by atoms with van der Waals surface area (Å²) in [6.45, 7) is 5.26. The molecule has 0 unspecified atom stereocenters. The zero-order valence-corrected chi connectivity index (χ0v) is 13.7. The number of carbonyl (C=O) groups excluding carboxylic acids is 2. The summed E-state index contributed by atoms with van der Waals surface area (Å²) in [4.78, 5) is 32.4. The average molecular weight is 312 g/mol. The quantitative estimate of drug-likeness (QED) is 0.655. The first-order chi connectivity index (χ1) is 10.5. The normalized spacial score (nSPS) is 21.9. The van der Waals surface area contributed by atoms with Crippen LogP contribution in [0.5, 0.6) is 0 Å². The molecule has 0 aromatic carbocycles. The van der Waals surface area contributed by atoms with E-state index in [0.29, 0.717) is 19.6 Å². The van der Waals surface area contributed by atoms with Crippen LogP contribution < -0.4 is 0 Å². The van der Waals surface area contributed by atoms with E-state index in [4.69, 9.17) is 5.11 Å². The lowest BCUT2D eigenvalue weighted by molar-refractivity contribution is -0.153. The summed E-state index contributed by atoms with van der Waals surface area (Å²) in [6.07, 6.45) is 1.85. The molecule has 7 nitrogen and oxygen atoms in total. The molecule has 0 aromatic heterocycles. The molecule has 0 spiro atoms. The van der Waals surface area contributed by atoms with Crippen molar-refractivity contribution in [3.05, 3.63) is 0 Å². The third-order valence-corrected chi connectivity index (χ3v) is 4.81. The summed E-state index contributed by atoms with van der Waals surface area (Å²) < 4.78 is 0. The van der Waals surface area contributed by atoms with Crippen LogP contribution in [0.2, 0.25) is 0 Å². The lowest BCUT2D eigenvalue weighted by atomic mass is 10.0. The van der Waals surface area contributed by atoms with Crippen LogP contribution in [-0.4, -0.2) is 109 Å². The van der Waals surface area contributed by atoms with E-state index in [1.54, 1.807) is 16.8 Å². The lowest BCUT2D eigenvalue weighted by Crippen LogP contribution is -2.55. The van der Waals surface area contributed by atoms with Crippen molar-refractivity contribution in [2.45, 2.75) is 18.9 Å². The number of likely N-dealkylation sites (tertiary alicyclic amines) is 1. The molecule has 0 aromatic rings. The van der Waals surface area contributed by atoms with Gasteiger partial charge in [-0.25, -0.2) is 0 Å². The Labute approximate surface area is 132 Å². The highest BCUT2D eigenvalue weighted by atomic mass is 16.3. The number of rotatable bonds is 3. The van der Waals surface area contributed by atoms with Crippen LogP contribution in [0, 0.1) is 0 Å². The van der Waals surface area contributed by atoms with Gasteiger partial charge in [0.15, 0.2) is 0 Å². The van der Waals surface area contributed by atoms with E-state index in [1.807, 2.05) is 0 Å². The molecule has 0 bridgehead atoms. The van der Waals surface area contributed by atoms with Crippen molar-refractivity contribution in [3.63, 3.8) is 0 Å². The number of hydrogen-bond donors (Lipinski definition) is 1. The molecular weight excluding hydrogens is 284 g/mol. The van der Waals surface area contributed by atoms with Crippen molar-refractivity contribution < 1.29 is 14.7 Å². The monoisotopic (exact) mass is 312 g/mol. The van der Waals surface area contributed by atoms with E-state index in [-0.39, 0.29) is 24.5 Å². The number of amides is 2. The van der Waals surface area contributed by atoms with Crippen LogP contribution in [-0.2, 0) is 9.59 Å². The Hall–Kier alpha value is -1.18. The summed E-state index contributed by atoms with van der Waals surface area (Å²) in [5.41, 5.74) is 0. The second kappa shape index (κ2) is 7.89. The third kappa shape index (κ3) is 4.18. The highest BCUT2D eigenvalue weighted by Crippen LogP contribution is 2.15. The van der Waals surface area contributed by atoms with Gasteiger partial charge in [-0.15, -0.1) is 0 Å². The molecule has 0 radical (unpaired) electrons. The smallest absolute Gasteiger partial charge is 0.312 e. The number of aliphatic hydroxyl groups is 1. The Morgan fingerprint density at radius 3 is 2.23 bits per heavy atom. The summed E-state index contributed by atoms with van der Waals surface area (Å²) in [6, 6.07) is 0.170. The van der Waals surface area contributed by atoms with E-state index in [9.17, 15) is 9.59 Å². The largest absolute Gasteiger partial charge is 0.395 e. The number of likely N-dealkylation sites (N-methyl/N-ethyl adjacent to an activating group) is 1. The number of carbonyl (C=O) groups is 2. The molecule has 1 N–H and O–H groups in total. The number of piperidine rings is 1. The van der Waals surface area contributed by atoms with Crippen molar-refractivity contribution in [1.82, 2.24) is 19.6 Å². The summed E-state index contributed by atoms with van der Waals surface area (Å²) >= 11 is 0. The van der Waals surface area contributed by atoms with Gasteiger partial charge < -0.3 is 19.8 Å². The molecule has 126 valence electrons. The second-order valence-electron chi connectivity index (χ2n) is 6.31. The maximum absolute atomic E-state index is 12.4. The number of piperazine rings is 1. The molecule has 2 aliphatic rings. The fourth-order valence-electron chi connectivity index (χ4n) is 3.15. The van der Waals surface area contributed by atoms with Gasteiger partial charge in [0.1, 0.15) is 0 Å². The van der Waals surface area contributed by atoms with Crippen molar-refractivity contribution in [3.8, 4) is 0 Å². The van der Waals surface area contributed by atoms with E-state index in [1.165, 1.54) is 0 Å². The Morgan fingerprint density at radius 1 is 1.09 bits per heavy atom. The first-order valence-corrected chi connectivity index (χ1v) is 8.10. The molecule has 2 fully saturated rings. The van der Waals surface area contributed by atoms with E-state index in [0.717, 1.165) is 39.0 Å². The Morgan fingerprint density at radius 2 is 1.68 bits per heavy atom. The fraction of sp³-hybridized carbons (Fsp3) is 0.867.